The van der Waals surface area contributed by atoms with Crippen LogP contribution in [0.1, 0.15) is 60.9 Å². The molecule has 2 rings (SSSR count). The first-order chi connectivity index (χ1) is 9.70. The van der Waals surface area contributed by atoms with Crippen molar-refractivity contribution >= 4 is 5.78 Å². The summed E-state index contributed by atoms with van der Waals surface area (Å²) < 4.78 is 5.29. The zero-order valence-corrected chi connectivity index (χ0v) is 12.4. The molecule has 0 aromatic heterocycles. The van der Waals surface area contributed by atoms with Gasteiger partial charge in [-0.25, -0.2) is 0 Å². The summed E-state index contributed by atoms with van der Waals surface area (Å²) in [4.78, 5) is 12.4. The van der Waals surface area contributed by atoms with Crippen molar-refractivity contribution < 1.29 is 9.53 Å². The van der Waals surface area contributed by atoms with E-state index in [1.807, 2.05) is 25.1 Å². The highest BCUT2D eigenvalue weighted by Gasteiger charge is 2.17. The van der Waals surface area contributed by atoms with E-state index >= 15 is 0 Å². The highest BCUT2D eigenvalue weighted by atomic mass is 16.5. The van der Waals surface area contributed by atoms with Gasteiger partial charge in [0, 0.05) is 12.0 Å². The second-order valence-corrected chi connectivity index (χ2v) is 5.75. The summed E-state index contributed by atoms with van der Waals surface area (Å²) in [5.41, 5.74) is 1.79. The zero-order chi connectivity index (χ0) is 14.4. The summed E-state index contributed by atoms with van der Waals surface area (Å²) >= 11 is 0. The fourth-order valence-electron chi connectivity index (χ4n) is 2.99. The number of aryl methyl sites for hydroxylation is 1. The molecule has 20 heavy (non-hydrogen) atoms. The number of Topliss-reactive ketones (excluding diaryl/α,β-unsaturated/α-hetero) is 1. The Balaban J connectivity index is 2.01. The van der Waals surface area contributed by atoms with Gasteiger partial charge in [0.25, 0.3) is 0 Å². The van der Waals surface area contributed by atoms with Crippen LogP contribution in [-0.2, 0) is 0 Å². The third-order valence-electron chi connectivity index (χ3n) is 4.16. The Bertz CT molecular complexity index is 468. The summed E-state index contributed by atoms with van der Waals surface area (Å²) in [6.07, 6.45) is 9.75. The summed E-state index contributed by atoms with van der Waals surface area (Å²) in [6, 6.07) is 5.65. The number of hydrogen-bond donors (Lipinski definition) is 0. The minimum absolute atomic E-state index is 0.269. The van der Waals surface area contributed by atoms with E-state index in [0.717, 1.165) is 16.9 Å². The van der Waals surface area contributed by atoms with Crippen molar-refractivity contribution in [1.82, 2.24) is 0 Å². The molecular weight excluding hydrogens is 248 g/mol. The molecule has 0 radical (unpaired) electrons. The molecule has 0 unspecified atom stereocenters. The second kappa shape index (κ2) is 7.28. The lowest BCUT2D eigenvalue weighted by Crippen LogP contribution is -2.08. The number of benzene rings is 1. The number of ether oxygens (including phenoxy) is 1. The maximum atomic E-state index is 12.4. The van der Waals surface area contributed by atoms with E-state index in [1.54, 1.807) is 0 Å². The Morgan fingerprint density at radius 1 is 1.30 bits per heavy atom. The van der Waals surface area contributed by atoms with Gasteiger partial charge in [-0.3, -0.25) is 4.79 Å². The van der Waals surface area contributed by atoms with E-state index in [-0.39, 0.29) is 5.78 Å². The van der Waals surface area contributed by atoms with Gasteiger partial charge < -0.3 is 4.74 Å². The third-order valence-corrected chi connectivity index (χ3v) is 4.16. The highest BCUT2D eigenvalue weighted by molar-refractivity contribution is 5.96. The smallest absolute Gasteiger partial charge is 0.163 e. The lowest BCUT2D eigenvalue weighted by Gasteiger charge is -2.13. The largest absolute Gasteiger partial charge is 0.465 e. The van der Waals surface area contributed by atoms with Crippen LogP contribution < -0.4 is 4.74 Å². The lowest BCUT2D eigenvalue weighted by molar-refractivity contribution is 0.0957. The van der Waals surface area contributed by atoms with Crippen LogP contribution in [0.2, 0.25) is 0 Å². The van der Waals surface area contributed by atoms with Gasteiger partial charge in [0.1, 0.15) is 5.75 Å². The van der Waals surface area contributed by atoms with Gasteiger partial charge in [0.05, 0.1) is 6.26 Å². The molecule has 1 saturated carbocycles. The number of carbonyl (C=O) groups excluding carboxylic acids is 1. The molecule has 0 atom stereocenters. The van der Waals surface area contributed by atoms with Crippen molar-refractivity contribution in [1.29, 1.82) is 0 Å². The van der Waals surface area contributed by atoms with Crippen LogP contribution in [0.15, 0.2) is 31.0 Å². The topological polar surface area (TPSA) is 26.3 Å². The fourth-order valence-corrected chi connectivity index (χ4v) is 2.99. The van der Waals surface area contributed by atoms with Crippen molar-refractivity contribution in [2.75, 3.05) is 0 Å². The van der Waals surface area contributed by atoms with E-state index < -0.39 is 0 Å². The molecule has 0 aliphatic heterocycles. The Morgan fingerprint density at radius 2 is 2.00 bits per heavy atom. The van der Waals surface area contributed by atoms with E-state index in [0.29, 0.717) is 12.3 Å². The van der Waals surface area contributed by atoms with Crippen LogP contribution in [0.5, 0.6) is 5.75 Å². The quantitative estimate of drug-likeness (QED) is 0.425. The molecule has 0 N–H and O–H groups in total. The molecule has 1 aliphatic carbocycles. The van der Waals surface area contributed by atoms with Crippen molar-refractivity contribution in [3.63, 3.8) is 0 Å². The summed E-state index contributed by atoms with van der Waals surface area (Å²) in [6.45, 7) is 5.51. The molecular formula is C18H24O2. The fraction of sp³-hybridized carbons (Fsp3) is 0.500. The first kappa shape index (κ1) is 14.8. The molecule has 0 spiro atoms. The first-order valence-corrected chi connectivity index (χ1v) is 7.62. The van der Waals surface area contributed by atoms with Gasteiger partial charge in [-0.2, -0.15) is 0 Å². The number of hydrogen-bond acceptors (Lipinski definition) is 2. The highest BCUT2D eigenvalue weighted by Crippen LogP contribution is 2.27. The van der Waals surface area contributed by atoms with Gasteiger partial charge in [-0.1, -0.05) is 45.1 Å². The van der Waals surface area contributed by atoms with E-state index in [1.165, 1.54) is 44.8 Å². The van der Waals surface area contributed by atoms with Crippen molar-refractivity contribution in [3.8, 4) is 5.75 Å². The molecule has 0 saturated heterocycles. The standard InChI is InChI=1S/C18H24O2/c1-3-20-18-11-10-16(12-14(18)2)17(19)13-15-8-6-4-5-7-9-15/h3,10-12,15H,1,4-9,13H2,2H3. The Hall–Kier alpha value is -1.57. The number of carbonyl (C=O) groups is 1. The minimum atomic E-state index is 0.269. The summed E-state index contributed by atoms with van der Waals surface area (Å²) in [5.74, 6) is 1.62. The molecule has 1 aromatic carbocycles. The molecule has 1 aliphatic rings. The van der Waals surface area contributed by atoms with Gasteiger partial charge in [-0.15, -0.1) is 0 Å². The maximum Gasteiger partial charge on any atom is 0.163 e. The molecule has 0 amide bonds. The molecule has 0 bridgehead atoms. The van der Waals surface area contributed by atoms with Gasteiger partial charge in [-0.05, 0) is 36.6 Å². The SMILES string of the molecule is C=COc1ccc(C(=O)CC2CCCCCC2)cc1C. The van der Waals surface area contributed by atoms with E-state index in [4.69, 9.17) is 4.74 Å². The Labute approximate surface area is 121 Å². The summed E-state index contributed by atoms with van der Waals surface area (Å²) in [5, 5.41) is 0. The van der Waals surface area contributed by atoms with Gasteiger partial charge in [0.2, 0.25) is 0 Å². The predicted molar refractivity (Wildman–Crippen MR) is 82.1 cm³/mol. The van der Waals surface area contributed by atoms with Crippen molar-refractivity contribution in [3.05, 3.63) is 42.2 Å². The molecule has 108 valence electrons. The lowest BCUT2D eigenvalue weighted by atomic mass is 9.91. The maximum absolute atomic E-state index is 12.4. The minimum Gasteiger partial charge on any atom is -0.465 e. The van der Waals surface area contributed by atoms with E-state index in [9.17, 15) is 4.79 Å². The average molecular weight is 272 g/mol. The number of rotatable bonds is 5. The van der Waals surface area contributed by atoms with E-state index in [2.05, 4.69) is 6.58 Å². The molecule has 1 fully saturated rings. The normalized spacial score (nSPS) is 16.4. The first-order valence-electron chi connectivity index (χ1n) is 7.62. The Kier molecular flexibility index (Phi) is 5.40. The van der Waals surface area contributed by atoms with Crippen LogP contribution in [0.25, 0.3) is 0 Å². The monoisotopic (exact) mass is 272 g/mol. The predicted octanol–water partition coefficient (Wildman–Crippen LogP) is 5.06. The Morgan fingerprint density at radius 3 is 2.60 bits per heavy atom. The molecule has 2 nitrogen and oxygen atoms in total. The van der Waals surface area contributed by atoms with Crippen molar-refractivity contribution in [2.45, 2.75) is 51.9 Å². The third kappa shape index (κ3) is 3.96. The van der Waals surface area contributed by atoms with Gasteiger partial charge >= 0.3 is 0 Å². The zero-order valence-electron chi connectivity index (χ0n) is 12.4. The van der Waals surface area contributed by atoms with Crippen LogP contribution >= 0.6 is 0 Å². The summed E-state index contributed by atoms with van der Waals surface area (Å²) in [7, 11) is 0. The van der Waals surface area contributed by atoms with Crippen LogP contribution in [0.4, 0.5) is 0 Å². The van der Waals surface area contributed by atoms with Crippen molar-refractivity contribution in [2.24, 2.45) is 5.92 Å². The van der Waals surface area contributed by atoms with Crippen LogP contribution in [0, 0.1) is 12.8 Å². The molecule has 1 aromatic rings. The average Bonchev–Trinajstić information content (AvgIpc) is 2.70. The molecule has 0 heterocycles. The number of ketones is 1. The van der Waals surface area contributed by atoms with Crippen LogP contribution in [0.3, 0.4) is 0 Å². The van der Waals surface area contributed by atoms with Crippen LogP contribution in [-0.4, -0.2) is 5.78 Å². The van der Waals surface area contributed by atoms with Gasteiger partial charge in [0.15, 0.2) is 5.78 Å². The second-order valence-electron chi connectivity index (χ2n) is 5.75. The molecule has 2 heteroatoms.